The van der Waals surface area contributed by atoms with Gasteiger partial charge < -0.3 is 24.3 Å². The number of carbonyl (C=O) groups is 2. The Morgan fingerprint density at radius 3 is 2.28 bits per heavy atom. The number of methoxy groups -OCH3 is 1. The summed E-state index contributed by atoms with van der Waals surface area (Å²) >= 11 is 0. The number of hydrazine groups is 1. The van der Waals surface area contributed by atoms with Crippen molar-refractivity contribution in [1.82, 2.24) is 10.4 Å². The lowest BCUT2D eigenvalue weighted by Gasteiger charge is -2.15. The molecular weight excluding hydrogens is 334 g/mol. The first kappa shape index (κ1) is 19.7. The predicted octanol–water partition coefficient (Wildman–Crippen LogP) is 2.39. The van der Waals surface area contributed by atoms with Crippen LogP contribution in [0.2, 0.25) is 0 Å². The Bertz CT molecular complexity index is 643. The third-order valence-corrected chi connectivity index (χ3v) is 2.76. The van der Waals surface area contributed by atoms with Gasteiger partial charge in [0.1, 0.15) is 5.75 Å². The molecule has 136 valence electrons. The molecule has 0 unspecified atom stereocenters. The average Bonchev–Trinajstić information content (AvgIpc) is 2.58. The zero-order chi connectivity index (χ0) is 18.8. The van der Waals surface area contributed by atoms with Crippen LogP contribution in [0.1, 0.15) is 19.4 Å². The van der Waals surface area contributed by atoms with E-state index in [1.165, 1.54) is 14.0 Å². The quantitative estimate of drug-likeness (QED) is 0.615. The van der Waals surface area contributed by atoms with E-state index in [-0.39, 0.29) is 13.2 Å². The number of rotatable bonds is 6. The van der Waals surface area contributed by atoms with Gasteiger partial charge in [-0.3, -0.25) is 0 Å². The van der Waals surface area contributed by atoms with Crippen molar-refractivity contribution in [3.05, 3.63) is 45.8 Å². The molecule has 0 saturated carbocycles. The number of nitrogens with one attached hydrogen (secondary N) is 1. The maximum absolute atomic E-state index is 12.0. The van der Waals surface area contributed by atoms with E-state index in [2.05, 4.69) is 4.74 Å². The number of amides is 2. The van der Waals surface area contributed by atoms with Crippen LogP contribution in [0, 0.1) is 10.1 Å². The van der Waals surface area contributed by atoms with Gasteiger partial charge in [-0.1, -0.05) is 12.1 Å². The second kappa shape index (κ2) is 9.75. The van der Waals surface area contributed by atoms with E-state index < -0.39 is 22.9 Å². The van der Waals surface area contributed by atoms with Gasteiger partial charge in [0.25, 0.3) is 0 Å². The minimum Gasteiger partial charge on any atom is -0.497 e. The molecule has 1 aromatic carbocycles. The van der Waals surface area contributed by atoms with E-state index in [0.717, 1.165) is 6.08 Å². The molecule has 25 heavy (non-hydrogen) atoms. The molecule has 0 saturated heterocycles. The predicted molar refractivity (Wildman–Crippen MR) is 87.0 cm³/mol. The summed E-state index contributed by atoms with van der Waals surface area (Å²) in [7, 11) is 1.49. The molecule has 2 amide bonds. The minimum absolute atomic E-state index is 0.0263. The summed E-state index contributed by atoms with van der Waals surface area (Å²) in [6.07, 6.45) is -1.05. The van der Waals surface area contributed by atoms with Gasteiger partial charge in [-0.2, -0.15) is 4.79 Å². The molecule has 0 aliphatic rings. The van der Waals surface area contributed by atoms with Crippen LogP contribution in [0.3, 0.4) is 0 Å². The lowest BCUT2D eigenvalue weighted by atomic mass is 10.2. The highest BCUT2D eigenvalue weighted by atomic mass is 16.6. The minimum atomic E-state index is -1.12. The van der Waals surface area contributed by atoms with E-state index in [9.17, 15) is 19.7 Å². The van der Waals surface area contributed by atoms with Crippen molar-refractivity contribution in [3.8, 4) is 5.75 Å². The Morgan fingerprint density at radius 2 is 1.80 bits per heavy atom. The summed E-state index contributed by atoms with van der Waals surface area (Å²) in [5.74, 6) is -0.150. The highest BCUT2D eigenvalue weighted by molar-refractivity contribution is 5.76. The Kier molecular flexibility index (Phi) is 7.70. The van der Waals surface area contributed by atoms with Crippen molar-refractivity contribution >= 4 is 18.3 Å². The van der Waals surface area contributed by atoms with Crippen molar-refractivity contribution in [2.75, 3.05) is 20.3 Å². The van der Waals surface area contributed by atoms with Gasteiger partial charge in [-0.15, -0.1) is 5.43 Å². The largest absolute Gasteiger partial charge is 0.531 e. The fourth-order valence-corrected chi connectivity index (χ4v) is 1.69. The standard InChI is InChI=1S/C15H19N3O7/c1-4-24-14(19)16-17(15(20)25-5-2)13(18(21)22)10-11-6-8-12(23-3)9-7-11/h6-10H,4-5H2,1-3H3,(H,16,19)/b13-10+. The zero-order valence-electron chi connectivity index (χ0n) is 14.1. The van der Waals surface area contributed by atoms with Gasteiger partial charge in [0.05, 0.1) is 20.3 Å². The van der Waals surface area contributed by atoms with Gasteiger partial charge in [0.2, 0.25) is 0 Å². The van der Waals surface area contributed by atoms with E-state index in [1.807, 2.05) is 5.43 Å². The van der Waals surface area contributed by atoms with Gasteiger partial charge in [0, 0.05) is 6.08 Å². The number of nitrogens with zero attached hydrogens (tertiary/aromatic N) is 2. The molecular formula is C15H19N3O7. The molecule has 0 bridgehead atoms. The summed E-state index contributed by atoms with van der Waals surface area (Å²) in [5.41, 5.74) is 2.40. The summed E-state index contributed by atoms with van der Waals surface area (Å²) in [4.78, 5) is 34.1. The second-order valence-electron chi connectivity index (χ2n) is 4.40. The number of nitro groups is 1. The Labute approximate surface area is 144 Å². The molecule has 0 heterocycles. The molecule has 0 radical (unpaired) electrons. The first-order valence-electron chi connectivity index (χ1n) is 7.33. The molecule has 0 spiro atoms. The van der Waals surface area contributed by atoms with Gasteiger partial charge >= 0.3 is 18.0 Å². The van der Waals surface area contributed by atoms with Crippen LogP contribution in [-0.2, 0) is 9.47 Å². The molecule has 10 nitrogen and oxygen atoms in total. The topological polar surface area (TPSA) is 120 Å². The zero-order valence-corrected chi connectivity index (χ0v) is 14.1. The first-order chi connectivity index (χ1) is 11.9. The van der Waals surface area contributed by atoms with E-state index in [1.54, 1.807) is 31.2 Å². The van der Waals surface area contributed by atoms with E-state index in [4.69, 9.17) is 9.47 Å². The van der Waals surface area contributed by atoms with Gasteiger partial charge in [-0.05, 0) is 41.5 Å². The number of benzene rings is 1. The van der Waals surface area contributed by atoms with Crippen molar-refractivity contribution in [1.29, 1.82) is 0 Å². The number of hydrogen-bond donors (Lipinski definition) is 1. The fraction of sp³-hybridized carbons (Fsp3) is 0.333. The van der Waals surface area contributed by atoms with Crippen LogP contribution in [0.25, 0.3) is 6.08 Å². The van der Waals surface area contributed by atoms with Crippen molar-refractivity contribution in [3.63, 3.8) is 0 Å². The molecule has 10 heteroatoms. The average molecular weight is 353 g/mol. The molecule has 0 atom stereocenters. The lowest BCUT2D eigenvalue weighted by molar-refractivity contribution is -0.443. The smallest absolute Gasteiger partial charge is 0.497 e. The van der Waals surface area contributed by atoms with Crippen molar-refractivity contribution in [2.45, 2.75) is 13.8 Å². The number of hydrogen-bond acceptors (Lipinski definition) is 7. The van der Waals surface area contributed by atoms with Crippen LogP contribution in [-0.4, -0.2) is 42.4 Å². The lowest BCUT2D eigenvalue weighted by Crippen LogP contribution is -2.47. The summed E-state index contributed by atoms with van der Waals surface area (Å²) in [5, 5.41) is 11.8. The van der Waals surface area contributed by atoms with Gasteiger partial charge in [-0.25, -0.2) is 4.79 Å². The van der Waals surface area contributed by atoms with Crippen LogP contribution >= 0.6 is 0 Å². The number of carbonyl (C=O) groups excluding carboxylic acids is 2. The third kappa shape index (κ3) is 6.01. The summed E-state index contributed by atoms with van der Waals surface area (Å²) < 4.78 is 14.4. The molecule has 0 aliphatic heterocycles. The van der Waals surface area contributed by atoms with Gasteiger partial charge in [0.15, 0.2) is 0 Å². The van der Waals surface area contributed by atoms with Crippen LogP contribution in [0.15, 0.2) is 30.1 Å². The number of ether oxygens (including phenoxy) is 3. The molecule has 0 aromatic heterocycles. The normalized spacial score (nSPS) is 10.6. The molecule has 1 rings (SSSR count). The van der Waals surface area contributed by atoms with Crippen molar-refractivity contribution < 1.29 is 28.7 Å². The Hall–Kier alpha value is -3.30. The molecule has 0 aliphatic carbocycles. The summed E-state index contributed by atoms with van der Waals surface area (Å²) in [6, 6.07) is 6.29. The highest BCUT2D eigenvalue weighted by Gasteiger charge is 2.34. The van der Waals surface area contributed by atoms with Crippen LogP contribution in [0.4, 0.5) is 9.59 Å². The second-order valence-corrected chi connectivity index (χ2v) is 4.40. The first-order valence-corrected chi connectivity index (χ1v) is 7.33. The highest BCUT2D eigenvalue weighted by Crippen LogP contribution is 2.16. The van der Waals surface area contributed by atoms with Crippen LogP contribution < -0.4 is 10.2 Å². The Balaban J connectivity index is 3.20. The van der Waals surface area contributed by atoms with Crippen LogP contribution in [0.5, 0.6) is 5.75 Å². The monoisotopic (exact) mass is 353 g/mol. The third-order valence-electron chi connectivity index (χ3n) is 2.76. The van der Waals surface area contributed by atoms with Crippen molar-refractivity contribution in [2.24, 2.45) is 0 Å². The van der Waals surface area contributed by atoms with E-state index >= 15 is 0 Å². The molecule has 1 aromatic rings. The van der Waals surface area contributed by atoms with E-state index in [0.29, 0.717) is 16.3 Å². The fourth-order valence-electron chi connectivity index (χ4n) is 1.69. The maximum Gasteiger partial charge on any atom is 0.531 e. The SMILES string of the molecule is CCOC(=O)NN(C(=O)OCC)/C(=C\c1ccc(OC)cc1)[N+](=O)[O-]. The molecule has 0 fully saturated rings. The Morgan fingerprint density at radius 1 is 1.20 bits per heavy atom. The summed E-state index contributed by atoms with van der Waals surface area (Å²) in [6.45, 7) is 3.07. The maximum atomic E-state index is 12.0. The molecule has 1 N–H and O–H groups in total.